The van der Waals surface area contributed by atoms with Crippen molar-refractivity contribution < 1.29 is 29.0 Å². The third kappa shape index (κ3) is 12.2. The van der Waals surface area contributed by atoms with Gasteiger partial charge in [-0.3, -0.25) is 9.59 Å². The molecule has 0 saturated heterocycles. The van der Waals surface area contributed by atoms with Gasteiger partial charge in [-0.05, 0) is 67.0 Å². The number of aromatic hydroxyl groups is 1. The predicted molar refractivity (Wildman–Crippen MR) is 163 cm³/mol. The highest BCUT2D eigenvalue weighted by molar-refractivity contribution is 5.82. The van der Waals surface area contributed by atoms with Gasteiger partial charge < -0.3 is 35.4 Å². The van der Waals surface area contributed by atoms with Crippen molar-refractivity contribution in [3.63, 3.8) is 0 Å². The summed E-state index contributed by atoms with van der Waals surface area (Å²) in [6, 6.07) is 10.9. The number of carbonyl (C=O) groups excluding carboxylic acids is 3. The van der Waals surface area contributed by atoms with Crippen molar-refractivity contribution in [3.05, 3.63) is 65.7 Å². The number of benzene rings is 2. The van der Waals surface area contributed by atoms with E-state index >= 15 is 0 Å². The van der Waals surface area contributed by atoms with E-state index in [1.807, 2.05) is 0 Å². The smallest absolute Gasteiger partial charge is 0.415 e. The Bertz CT molecular complexity index is 1180. The maximum Gasteiger partial charge on any atom is 0.415 e. The molecule has 0 unspecified atom stereocenters. The molecule has 0 spiro atoms. The van der Waals surface area contributed by atoms with Crippen LogP contribution >= 0.6 is 0 Å². The summed E-state index contributed by atoms with van der Waals surface area (Å²) in [5.41, 5.74) is 7.74. The number of hydrogen-bond donors (Lipinski definition) is 3. The molecule has 2 aromatic rings. The van der Waals surface area contributed by atoms with Crippen LogP contribution in [-0.2, 0) is 22.6 Å². The molecule has 0 heterocycles. The van der Waals surface area contributed by atoms with E-state index in [2.05, 4.69) is 31.3 Å². The van der Waals surface area contributed by atoms with Crippen LogP contribution in [0.5, 0.6) is 17.2 Å². The van der Waals surface area contributed by atoms with E-state index in [-0.39, 0.29) is 36.4 Å². The summed E-state index contributed by atoms with van der Waals surface area (Å²) in [5.74, 6) is 1.04. The standard InChI is InChI=1S/C32H46N4O6/c1-23(2)10-8-6-7-9-11-30(38)34-22-25-14-17-28(29(21-25)41-5)42-32(40)36(4)19-18-35(3)31(39)27(33)20-24-12-15-26(37)16-13-24/h8,10,12-17,21,23,27,37H,6-7,9,11,18-20,22,33H2,1-5H3,(H,34,38)/b10-8+/t27-/m0/s1. The van der Waals surface area contributed by atoms with E-state index in [9.17, 15) is 19.5 Å². The first-order valence-corrected chi connectivity index (χ1v) is 14.3. The fourth-order valence-corrected chi connectivity index (χ4v) is 4.04. The minimum atomic E-state index is -0.749. The lowest BCUT2D eigenvalue weighted by atomic mass is 10.1. The van der Waals surface area contributed by atoms with E-state index in [4.69, 9.17) is 15.2 Å². The third-order valence-electron chi connectivity index (χ3n) is 6.63. The number of likely N-dealkylation sites (N-methyl/N-ethyl adjacent to an activating group) is 2. The summed E-state index contributed by atoms with van der Waals surface area (Å²) in [6.45, 7) is 5.11. The SMILES string of the molecule is COc1cc(CNC(=O)CCCC/C=C/C(C)C)ccc1OC(=O)N(C)CCN(C)C(=O)[C@@H](N)Cc1ccc(O)cc1. The van der Waals surface area contributed by atoms with Crippen LogP contribution in [0.25, 0.3) is 0 Å². The average Bonchev–Trinajstić information content (AvgIpc) is 2.97. The summed E-state index contributed by atoms with van der Waals surface area (Å²) >= 11 is 0. The molecular weight excluding hydrogens is 536 g/mol. The van der Waals surface area contributed by atoms with Gasteiger partial charge in [0, 0.05) is 40.2 Å². The molecule has 0 aliphatic carbocycles. The Hall–Kier alpha value is -4.05. The number of methoxy groups -OCH3 is 1. The molecule has 0 radical (unpaired) electrons. The van der Waals surface area contributed by atoms with Crippen LogP contribution in [0.3, 0.4) is 0 Å². The second-order valence-corrected chi connectivity index (χ2v) is 10.7. The zero-order chi connectivity index (χ0) is 31.1. The Kier molecular flexibility index (Phi) is 14.4. The first kappa shape index (κ1) is 34.2. The number of amides is 3. The second kappa shape index (κ2) is 17.7. The number of unbranched alkanes of at least 4 members (excludes halogenated alkanes) is 2. The van der Waals surface area contributed by atoms with Crippen LogP contribution in [0.1, 0.15) is 50.7 Å². The quantitative estimate of drug-likeness (QED) is 0.199. The van der Waals surface area contributed by atoms with Crippen molar-refractivity contribution in [2.24, 2.45) is 11.7 Å². The van der Waals surface area contributed by atoms with Crippen LogP contribution in [0, 0.1) is 5.92 Å². The maximum atomic E-state index is 12.7. The minimum absolute atomic E-state index is 0.0105. The van der Waals surface area contributed by atoms with E-state index in [0.717, 1.165) is 30.4 Å². The highest BCUT2D eigenvalue weighted by Crippen LogP contribution is 2.28. The van der Waals surface area contributed by atoms with Crippen LogP contribution in [0.15, 0.2) is 54.6 Å². The average molecular weight is 583 g/mol. The van der Waals surface area contributed by atoms with Crippen molar-refractivity contribution in [2.45, 2.75) is 58.5 Å². The van der Waals surface area contributed by atoms with E-state index in [1.165, 1.54) is 16.9 Å². The number of allylic oxidation sites excluding steroid dienone is 2. The largest absolute Gasteiger partial charge is 0.508 e. The zero-order valence-electron chi connectivity index (χ0n) is 25.5. The molecule has 0 aliphatic rings. The molecular formula is C32H46N4O6. The van der Waals surface area contributed by atoms with Gasteiger partial charge in [0.2, 0.25) is 11.8 Å². The molecule has 0 saturated carbocycles. The van der Waals surface area contributed by atoms with E-state index in [1.54, 1.807) is 56.6 Å². The first-order valence-electron chi connectivity index (χ1n) is 14.3. The summed E-state index contributed by atoms with van der Waals surface area (Å²) < 4.78 is 10.9. The van der Waals surface area contributed by atoms with Crippen molar-refractivity contribution in [1.82, 2.24) is 15.1 Å². The number of carbonyl (C=O) groups is 3. The molecule has 0 aliphatic heterocycles. The van der Waals surface area contributed by atoms with Crippen molar-refractivity contribution in [2.75, 3.05) is 34.3 Å². The predicted octanol–water partition coefficient (Wildman–Crippen LogP) is 4.25. The molecule has 4 N–H and O–H groups in total. The van der Waals surface area contributed by atoms with Crippen LogP contribution in [0.2, 0.25) is 0 Å². The number of rotatable bonds is 16. The number of nitrogens with one attached hydrogen (secondary N) is 1. The van der Waals surface area contributed by atoms with E-state index in [0.29, 0.717) is 31.1 Å². The van der Waals surface area contributed by atoms with Crippen molar-refractivity contribution in [3.8, 4) is 17.2 Å². The maximum absolute atomic E-state index is 12.7. The highest BCUT2D eigenvalue weighted by atomic mass is 16.6. The monoisotopic (exact) mass is 582 g/mol. The summed E-state index contributed by atoms with van der Waals surface area (Å²) in [7, 11) is 4.69. The summed E-state index contributed by atoms with van der Waals surface area (Å²) in [6.07, 6.45) is 7.32. The molecule has 230 valence electrons. The number of nitrogens with zero attached hydrogens (tertiary/aromatic N) is 2. The van der Waals surface area contributed by atoms with Gasteiger partial charge in [0.05, 0.1) is 13.2 Å². The van der Waals surface area contributed by atoms with Gasteiger partial charge in [0.25, 0.3) is 0 Å². The summed E-state index contributed by atoms with van der Waals surface area (Å²) in [4.78, 5) is 40.4. The summed E-state index contributed by atoms with van der Waals surface area (Å²) in [5, 5.41) is 12.3. The molecule has 2 aromatic carbocycles. The normalized spacial score (nSPS) is 11.8. The molecule has 3 amide bonds. The topological polar surface area (TPSA) is 134 Å². The lowest BCUT2D eigenvalue weighted by Crippen LogP contribution is -2.46. The van der Waals surface area contributed by atoms with Gasteiger partial charge in [-0.25, -0.2) is 4.79 Å². The number of ether oxygens (including phenoxy) is 2. The van der Waals surface area contributed by atoms with Gasteiger partial charge in [0.15, 0.2) is 11.5 Å². The number of hydrogen-bond acceptors (Lipinski definition) is 7. The molecule has 0 fully saturated rings. The molecule has 1 atom stereocenters. The molecule has 0 bridgehead atoms. The van der Waals surface area contributed by atoms with Gasteiger partial charge >= 0.3 is 6.09 Å². The molecule has 10 heteroatoms. The molecule has 2 rings (SSSR count). The lowest BCUT2D eigenvalue weighted by molar-refractivity contribution is -0.131. The lowest BCUT2D eigenvalue weighted by Gasteiger charge is -2.24. The third-order valence-corrected chi connectivity index (χ3v) is 6.63. The zero-order valence-corrected chi connectivity index (χ0v) is 25.5. The van der Waals surface area contributed by atoms with Gasteiger partial charge in [-0.2, -0.15) is 0 Å². The van der Waals surface area contributed by atoms with Crippen LogP contribution in [-0.4, -0.2) is 73.2 Å². The van der Waals surface area contributed by atoms with Gasteiger partial charge in [-0.1, -0.05) is 44.2 Å². The Balaban J connectivity index is 1.78. The first-order chi connectivity index (χ1) is 20.0. The molecule has 42 heavy (non-hydrogen) atoms. The number of phenolic OH excluding ortho intramolecular Hbond substituents is 1. The molecule has 10 nitrogen and oxygen atoms in total. The van der Waals surface area contributed by atoms with Crippen molar-refractivity contribution >= 4 is 17.9 Å². The Morgan fingerprint density at radius 1 is 0.976 bits per heavy atom. The Morgan fingerprint density at radius 3 is 2.31 bits per heavy atom. The highest BCUT2D eigenvalue weighted by Gasteiger charge is 2.21. The molecule has 0 aromatic heterocycles. The van der Waals surface area contributed by atoms with Crippen LogP contribution < -0.4 is 20.5 Å². The van der Waals surface area contributed by atoms with Crippen molar-refractivity contribution in [1.29, 1.82) is 0 Å². The van der Waals surface area contributed by atoms with Gasteiger partial charge in [-0.15, -0.1) is 0 Å². The fraction of sp³-hybridized carbons (Fsp3) is 0.469. The van der Waals surface area contributed by atoms with Crippen LogP contribution in [0.4, 0.5) is 4.79 Å². The second-order valence-electron chi connectivity index (χ2n) is 10.7. The number of nitrogens with two attached hydrogens (primary N) is 1. The van der Waals surface area contributed by atoms with Gasteiger partial charge in [0.1, 0.15) is 5.75 Å². The fourth-order valence-electron chi connectivity index (χ4n) is 4.04. The minimum Gasteiger partial charge on any atom is -0.508 e. The Labute approximate surface area is 249 Å². The van der Waals surface area contributed by atoms with E-state index < -0.39 is 12.1 Å². The Morgan fingerprint density at radius 2 is 1.64 bits per heavy atom. The number of phenols is 1.